The molecule has 0 fully saturated rings. The summed E-state index contributed by atoms with van der Waals surface area (Å²) in [4.78, 5) is 11.5. The predicted octanol–water partition coefficient (Wildman–Crippen LogP) is 3.33. The van der Waals surface area contributed by atoms with Crippen molar-refractivity contribution in [2.45, 2.75) is 12.5 Å². The van der Waals surface area contributed by atoms with Gasteiger partial charge in [0.25, 0.3) is 5.56 Å². The number of aromatic amines is 1. The van der Waals surface area contributed by atoms with Gasteiger partial charge in [0.15, 0.2) is 0 Å². The lowest BCUT2D eigenvalue weighted by Crippen LogP contribution is -2.30. The van der Waals surface area contributed by atoms with Crippen LogP contribution in [0, 0.1) is 17.5 Å². The van der Waals surface area contributed by atoms with Gasteiger partial charge < -0.3 is 5.32 Å². The molecule has 130 valence electrons. The first-order valence-electron chi connectivity index (χ1n) is 7.42. The molecule has 1 aliphatic rings. The average Bonchev–Trinajstić information content (AvgIpc) is 2.57. The number of nitrogens with one attached hydrogen (secondary N) is 2. The highest BCUT2D eigenvalue weighted by atomic mass is 19.1. The first-order valence-corrected chi connectivity index (χ1v) is 7.42. The third kappa shape index (κ3) is 3.62. The highest BCUT2D eigenvalue weighted by Gasteiger charge is 2.23. The molecule has 0 bridgehead atoms. The summed E-state index contributed by atoms with van der Waals surface area (Å²) in [6.45, 7) is -0.571. The summed E-state index contributed by atoms with van der Waals surface area (Å²) in [6, 6.07) is 6.55. The Kier molecular flexibility index (Phi) is 4.69. The molecular formula is C17H13F4N3O. The standard InChI is InChI=1S/C11H9F2N3O.C6H4F2/c12-4-6-3-9-10-7(11(17)16-15-9)1-5(13)2-8(10)14-6;7-5-2-1-3-6(8)4-5/h1-2,6,14H,3-4H2,(H,16,17);1-4H. The number of rotatable bonds is 1. The van der Waals surface area contributed by atoms with Crippen LogP contribution in [0.4, 0.5) is 23.2 Å². The third-order valence-electron chi connectivity index (χ3n) is 3.70. The van der Waals surface area contributed by atoms with Crippen molar-refractivity contribution in [2.24, 2.45) is 0 Å². The second-order valence-electron chi connectivity index (χ2n) is 5.51. The highest BCUT2D eigenvalue weighted by Crippen LogP contribution is 2.30. The molecule has 0 saturated carbocycles. The maximum absolute atomic E-state index is 13.3. The van der Waals surface area contributed by atoms with E-state index in [1.54, 1.807) is 0 Å². The average molecular weight is 351 g/mol. The molecule has 0 amide bonds. The molecule has 8 heteroatoms. The van der Waals surface area contributed by atoms with Crippen molar-refractivity contribution in [1.82, 2.24) is 10.2 Å². The van der Waals surface area contributed by atoms with Gasteiger partial charge in [0.1, 0.15) is 24.1 Å². The van der Waals surface area contributed by atoms with Gasteiger partial charge in [-0.2, -0.15) is 5.10 Å². The second-order valence-corrected chi connectivity index (χ2v) is 5.51. The summed E-state index contributed by atoms with van der Waals surface area (Å²) in [5.41, 5.74) is 0.587. The monoisotopic (exact) mass is 351 g/mol. The number of halogens is 4. The third-order valence-corrected chi connectivity index (χ3v) is 3.70. The van der Waals surface area contributed by atoms with Crippen LogP contribution in [0.15, 0.2) is 41.2 Å². The minimum absolute atomic E-state index is 0.245. The van der Waals surface area contributed by atoms with Crippen molar-refractivity contribution in [3.8, 4) is 0 Å². The van der Waals surface area contributed by atoms with Gasteiger partial charge in [-0.25, -0.2) is 22.7 Å². The van der Waals surface area contributed by atoms with Crippen LogP contribution in [0.2, 0.25) is 0 Å². The van der Waals surface area contributed by atoms with Crippen LogP contribution in [0.5, 0.6) is 0 Å². The summed E-state index contributed by atoms with van der Waals surface area (Å²) in [7, 11) is 0. The number of hydrogen-bond acceptors (Lipinski definition) is 3. The molecule has 2 N–H and O–H groups in total. The van der Waals surface area contributed by atoms with E-state index in [9.17, 15) is 22.4 Å². The van der Waals surface area contributed by atoms with Crippen molar-refractivity contribution in [3.63, 3.8) is 0 Å². The number of anilines is 1. The van der Waals surface area contributed by atoms with Crippen LogP contribution >= 0.6 is 0 Å². The normalized spacial score (nSPS) is 15.3. The Morgan fingerprint density at radius 2 is 1.80 bits per heavy atom. The summed E-state index contributed by atoms with van der Waals surface area (Å²) in [5, 5.41) is 9.90. The lowest BCUT2D eigenvalue weighted by Gasteiger charge is -2.24. The molecule has 0 radical (unpaired) electrons. The first kappa shape index (κ1) is 16.9. The number of aromatic nitrogens is 2. The molecule has 1 aromatic heterocycles. The van der Waals surface area contributed by atoms with E-state index in [0.717, 1.165) is 6.07 Å². The zero-order valence-electron chi connectivity index (χ0n) is 12.8. The zero-order valence-corrected chi connectivity index (χ0v) is 12.8. The molecule has 1 aliphatic heterocycles. The van der Waals surface area contributed by atoms with Gasteiger partial charge in [0.05, 0.1) is 17.1 Å². The van der Waals surface area contributed by atoms with Crippen LogP contribution in [0.1, 0.15) is 5.69 Å². The Balaban J connectivity index is 0.000000192. The highest BCUT2D eigenvalue weighted by molar-refractivity contribution is 5.96. The van der Waals surface area contributed by atoms with Gasteiger partial charge in [0.2, 0.25) is 0 Å². The number of H-pyrrole nitrogens is 1. The van der Waals surface area contributed by atoms with Gasteiger partial charge in [0, 0.05) is 23.6 Å². The second kappa shape index (κ2) is 6.92. The van der Waals surface area contributed by atoms with Crippen molar-refractivity contribution in [1.29, 1.82) is 0 Å². The van der Waals surface area contributed by atoms with Crippen molar-refractivity contribution >= 4 is 16.5 Å². The molecule has 1 atom stereocenters. The fraction of sp³-hybridized carbons (Fsp3) is 0.176. The fourth-order valence-corrected chi connectivity index (χ4v) is 2.65. The van der Waals surface area contributed by atoms with Crippen molar-refractivity contribution in [3.05, 3.63) is 69.9 Å². The molecule has 3 aromatic rings. The van der Waals surface area contributed by atoms with E-state index in [1.165, 1.54) is 30.3 Å². The molecule has 0 spiro atoms. The van der Waals surface area contributed by atoms with Crippen LogP contribution in [-0.2, 0) is 6.42 Å². The SMILES string of the molecule is Fc1cccc(F)c1.O=c1[nH]nc2c3c(cc(F)cc13)NC(CF)C2. The molecule has 2 aromatic carbocycles. The van der Waals surface area contributed by atoms with E-state index in [2.05, 4.69) is 15.5 Å². The number of hydrogen-bond donors (Lipinski definition) is 2. The van der Waals surface area contributed by atoms with E-state index in [0.29, 0.717) is 23.2 Å². The van der Waals surface area contributed by atoms with E-state index in [1.807, 2.05) is 0 Å². The molecule has 0 aliphatic carbocycles. The largest absolute Gasteiger partial charge is 0.379 e. The Bertz CT molecular complexity index is 957. The summed E-state index contributed by atoms with van der Waals surface area (Å²) in [6.07, 6.45) is 0.377. The van der Waals surface area contributed by atoms with Gasteiger partial charge >= 0.3 is 0 Å². The summed E-state index contributed by atoms with van der Waals surface area (Å²) in [5.74, 6) is -1.60. The predicted molar refractivity (Wildman–Crippen MR) is 85.8 cm³/mol. The Hall–Kier alpha value is -2.90. The topological polar surface area (TPSA) is 57.8 Å². The molecule has 2 heterocycles. The summed E-state index contributed by atoms with van der Waals surface area (Å²) >= 11 is 0. The van der Waals surface area contributed by atoms with Gasteiger partial charge in [-0.1, -0.05) is 6.07 Å². The molecular weight excluding hydrogens is 338 g/mol. The van der Waals surface area contributed by atoms with Crippen LogP contribution in [0.25, 0.3) is 10.8 Å². The molecule has 0 saturated heterocycles. The number of alkyl halides is 1. The van der Waals surface area contributed by atoms with E-state index >= 15 is 0 Å². The van der Waals surface area contributed by atoms with Crippen LogP contribution in [0.3, 0.4) is 0 Å². The summed E-state index contributed by atoms with van der Waals surface area (Å²) < 4.78 is 49.9. The quantitative estimate of drug-likeness (QED) is 0.661. The molecule has 4 nitrogen and oxygen atoms in total. The zero-order chi connectivity index (χ0) is 18.0. The maximum atomic E-state index is 13.3. The van der Waals surface area contributed by atoms with E-state index in [4.69, 9.17) is 0 Å². The molecule has 1 unspecified atom stereocenters. The van der Waals surface area contributed by atoms with Crippen LogP contribution < -0.4 is 10.9 Å². The number of nitrogens with zero attached hydrogens (tertiary/aromatic N) is 1. The Morgan fingerprint density at radius 3 is 2.40 bits per heavy atom. The number of benzene rings is 2. The first-order chi connectivity index (χ1) is 12.0. The Morgan fingerprint density at radius 1 is 1.08 bits per heavy atom. The maximum Gasteiger partial charge on any atom is 0.272 e. The van der Waals surface area contributed by atoms with Crippen molar-refractivity contribution in [2.75, 3.05) is 12.0 Å². The minimum atomic E-state index is -0.571. The van der Waals surface area contributed by atoms with Gasteiger partial charge in [-0.3, -0.25) is 4.79 Å². The van der Waals surface area contributed by atoms with E-state index in [-0.39, 0.29) is 5.39 Å². The lowest BCUT2D eigenvalue weighted by molar-refractivity contribution is 0.439. The molecule has 4 rings (SSSR count). The lowest BCUT2D eigenvalue weighted by atomic mass is 9.99. The van der Waals surface area contributed by atoms with Crippen molar-refractivity contribution < 1.29 is 17.6 Å². The van der Waals surface area contributed by atoms with Gasteiger partial charge in [-0.15, -0.1) is 0 Å². The smallest absolute Gasteiger partial charge is 0.272 e. The van der Waals surface area contributed by atoms with E-state index < -0.39 is 35.7 Å². The van der Waals surface area contributed by atoms with Crippen LogP contribution in [-0.4, -0.2) is 22.9 Å². The fourth-order valence-electron chi connectivity index (χ4n) is 2.65. The Labute approximate surface area is 139 Å². The minimum Gasteiger partial charge on any atom is -0.379 e. The molecule has 25 heavy (non-hydrogen) atoms. The van der Waals surface area contributed by atoms with Gasteiger partial charge in [-0.05, 0) is 24.3 Å².